The highest BCUT2D eigenvalue weighted by Gasteiger charge is 2.27. The number of piperazine rings is 1. The summed E-state index contributed by atoms with van der Waals surface area (Å²) in [6.07, 6.45) is 9.33. The van der Waals surface area contributed by atoms with E-state index >= 15 is 0 Å². The van der Waals surface area contributed by atoms with Gasteiger partial charge in [-0.3, -0.25) is 34.1 Å². The first kappa shape index (κ1) is 31.4. The molecule has 2 N–H and O–H groups in total. The van der Waals surface area contributed by atoms with Gasteiger partial charge in [-0.15, -0.1) is 0 Å². The molecule has 3 fully saturated rings. The molecule has 0 radical (unpaired) electrons. The first-order valence-electron chi connectivity index (χ1n) is 16.4. The lowest BCUT2D eigenvalue weighted by molar-refractivity contribution is -0.120. The highest BCUT2D eigenvalue weighted by atomic mass is 16.2. The number of fused-ring (bicyclic) bond motifs is 1. The Balaban J connectivity index is 1.00. The van der Waals surface area contributed by atoms with Crippen molar-refractivity contribution in [2.75, 3.05) is 47.8 Å². The van der Waals surface area contributed by atoms with E-state index in [0.717, 1.165) is 69.7 Å². The fraction of sp³-hybridized carbons (Fsp3) is 0.412. The van der Waals surface area contributed by atoms with E-state index in [1.165, 1.54) is 11.8 Å². The summed E-state index contributed by atoms with van der Waals surface area (Å²) in [6.45, 7) is 7.65. The molecule has 48 heavy (non-hydrogen) atoms. The number of pyridine rings is 3. The van der Waals surface area contributed by atoms with Gasteiger partial charge in [0, 0.05) is 69.5 Å². The Kier molecular flexibility index (Phi) is 8.56. The molecule has 4 aromatic rings. The Labute approximate surface area is 277 Å². The topological polar surface area (TPSA) is 159 Å². The number of imide groups is 1. The maximum atomic E-state index is 13.5. The summed E-state index contributed by atoms with van der Waals surface area (Å²) < 4.78 is 1.71. The van der Waals surface area contributed by atoms with Crippen LogP contribution in [0.2, 0.25) is 0 Å². The molecule has 3 amide bonds. The summed E-state index contributed by atoms with van der Waals surface area (Å²) in [5.41, 5.74) is 3.16. The SMILES string of the molecule is CC(=O)c1c(C)c2cnc(Nc3ccc(N4CCN(Cc5ccnc(N6CCC(=O)NC6=O)c5)CC4)cn3)nc2n(C2CCCC2)c1=O. The van der Waals surface area contributed by atoms with Crippen LogP contribution in [-0.4, -0.2) is 79.8 Å². The maximum absolute atomic E-state index is 13.5. The number of ketones is 1. The highest BCUT2D eigenvalue weighted by Crippen LogP contribution is 2.32. The molecule has 14 nitrogen and oxygen atoms in total. The average Bonchev–Trinajstić information content (AvgIpc) is 3.60. The van der Waals surface area contributed by atoms with Crippen molar-refractivity contribution in [2.24, 2.45) is 0 Å². The van der Waals surface area contributed by atoms with E-state index in [-0.39, 0.29) is 35.3 Å². The molecule has 0 bridgehead atoms. The van der Waals surface area contributed by atoms with Crippen molar-refractivity contribution in [2.45, 2.75) is 58.5 Å². The third kappa shape index (κ3) is 6.22. The van der Waals surface area contributed by atoms with Gasteiger partial charge in [0.1, 0.15) is 17.3 Å². The Morgan fingerprint density at radius 3 is 2.48 bits per heavy atom. The van der Waals surface area contributed by atoms with E-state index in [2.05, 4.69) is 35.4 Å². The molecule has 14 heteroatoms. The van der Waals surface area contributed by atoms with Gasteiger partial charge in [-0.2, -0.15) is 4.98 Å². The van der Waals surface area contributed by atoms with Crippen LogP contribution in [0.4, 0.5) is 28.1 Å². The highest BCUT2D eigenvalue weighted by molar-refractivity contribution is 6.05. The average molecular weight is 651 g/mol. The molecule has 0 aromatic carbocycles. The molecule has 3 aliphatic rings. The van der Waals surface area contributed by atoms with Gasteiger partial charge in [-0.05, 0) is 62.1 Å². The number of amides is 3. The zero-order valence-corrected chi connectivity index (χ0v) is 27.1. The number of hydrogen-bond donors (Lipinski definition) is 2. The molecule has 0 atom stereocenters. The minimum Gasteiger partial charge on any atom is -0.368 e. The second kappa shape index (κ2) is 13.1. The minimum atomic E-state index is -0.436. The van der Waals surface area contributed by atoms with Gasteiger partial charge >= 0.3 is 6.03 Å². The molecule has 2 aliphatic heterocycles. The Bertz CT molecular complexity index is 1950. The van der Waals surface area contributed by atoms with E-state index in [9.17, 15) is 19.2 Å². The molecule has 2 saturated heterocycles. The Morgan fingerprint density at radius 2 is 1.77 bits per heavy atom. The van der Waals surface area contributed by atoms with Crippen LogP contribution < -0.4 is 26.0 Å². The second-order valence-electron chi connectivity index (χ2n) is 12.7. The van der Waals surface area contributed by atoms with Crippen molar-refractivity contribution in [1.29, 1.82) is 0 Å². The van der Waals surface area contributed by atoms with Crippen molar-refractivity contribution < 1.29 is 14.4 Å². The molecular weight excluding hydrogens is 612 g/mol. The molecule has 1 saturated carbocycles. The lowest BCUT2D eigenvalue weighted by Crippen LogP contribution is -2.50. The number of hydrogen-bond acceptors (Lipinski definition) is 11. The number of nitrogens with zero attached hydrogens (tertiary/aromatic N) is 8. The van der Waals surface area contributed by atoms with Crippen molar-refractivity contribution >= 4 is 52.0 Å². The number of carbonyl (C=O) groups excluding carboxylic acids is 3. The summed E-state index contributed by atoms with van der Waals surface area (Å²) in [7, 11) is 0. The van der Waals surface area contributed by atoms with Crippen LogP contribution in [-0.2, 0) is 11.3 Å². The lowest BCUT2D eigenvalue weighted by Gasteiger charge is -2.36. The van der Waals surface area contributed by atoms with Crippen LogP contribution in [0.3, 0.4) is 0 Å². The van der Waals surface area contributed by atoms with E-state index in [4.69, 9.17) is 4.98 Å². The van der Waals surface area contributed by atoms with Gasteiger partial charge in [0.05, 0.1) is 17.4 Å². The number of carbonyl (C=O) groups is 3. The predicted octanol–water partition coefficient (Wildman–Crippen LogP) is 3.72. The molecule has 4 aromatic heterocycles. The van der Waals surface area contributed by atoms with Crippen LogP contribution in [0.1, 0.15) is 66.6 Å². The molecule has 0 unspecified atom stereocenters. The third-order valence-electron chi connectivity index (χ3n) is 9.52. The Morgan fingerprint density at radius 1 is 0.979 bits per heavy atom. The van der Waals surface area contributed by atoms with Crippen LogP contribution in [0.15, 0.2) is 47.7 Å². The van der Waals surface area contributed by atoms with E-state index in [0.29, 0.717) is 40.7 Å². The predicted molar refractivity (Wildman–Crippen MR) is 181 cm³/mol. The standard InChI is InChI=1S/C34H38N10O4/c1-21-26-19-37-33(40-31(26)44(24-5-3-4-6-24)32(47)30(21)22(2)45)38-27-8-7-25(18-36-27)42-15-13-41(14-16-42)20-23-9-11-35-28(17-23)43-12-10-29(46)39-34(43)48/h7-9,11,17-19,24H,3-6,10,12-16,20H2,1-2H3,(H,39,46,48)(H,36,37,38,40). The number of urea groups is 1. The number of aromatic nitrogens is 5. The molecule has 248 valence electrons. The maximum Gasteiger partial charge on any atom is 0.329 e. The van der Waals surface area contributed by atoms with E-state index in [1.54, 1.807) is 23.9 Å². The number of Topliss-reactive ketones (excluding diaryl/α,β-unsaturated/α-hetero) is 1. The van der Waals surface area contributed by atoms with Crippen molar-refractivity contribution in [3.63, 3.8) is 0 Å². The molecular formula is C34H38N10O4. The van der Waals surface area contributed by atoms with Gasteiger partial charge in [-0.1, -0.05) is 12.8 Å². The van der Waals surface area contributed by atoms with Crippen LogP contribution in [0.25, 0.3) is 11.0 Å². The summed E-state index contributed by atoms with van der Waals surface area (Å²) in [5, 5.41) is 6.25. The summed E-state index contributed by atoms with van der Waals surface area (Å²) in [6, 6.07) is 7.36. The quantitative estimate of drug-likeness (QED) is 0.268. The summed E-state index contributed by atoms with van der Waals surface area (Å²) in [4.78, 5) is 74.1. The molecule has 0 spiro atoms. The van der Waals surface area contributed by atoms with Gasteiger partial charge in [0.15, 0.2) is 5.78 Å². The number of nitrogens with one attached hydrogen (secondary N) is 2. The van der Waals surface area contributed by atoms with Gasteiger partial charge in [0.2, 0.25) is 11.9 Å². The lowest BCUT2D eigenvalue weighted by atomic mass is 10.0. The minimum absolute atomic E-state index is 0.0114. The number of rotatable bonds is 8. The van der Waals surface area contributed by atoms with Crippen LogP contribution >= 0.6 is 0 Å². The van der Waals surface area contributed by atoms with Gasteiger partial charge < -0.3 is 10.2 Å². The van der Waals surface area contributed by atoms with Gasteiger partial charge in [0.25, 0.3) is 5.56 Å². The van der Waals surface area contributed by atoms with Crippen molar-refractivity contribution in [3.8, 4) is 0 Å². The fourth-order valence-corrected chi connectivity index (χ4v) is 6.98. The first-order valence-corrected chi connectivity index (χ1v) is 16.4. The molecule has 6 heterocycles. The zero-order chi connectivity index (χ0) is 33.4. The largest absolute Gasteiger partial charge is 0.368 e. The van der Waals surface area contributed by atoms with Gasteiger partial charge in [-0.25, -0.2) is 19.7 Å². The van der Waals surface area contributed by atoms with E-state index in [1.807, 2.05) is 30.5 Å². The monoisotopic (exact) mass is 650 g/mol. The van der Waals surface area contributed by atoms with Crippen LogP contribution in [0, 0.1) is 6.92 Å². The zero-order valence-electron chi connectivity index (χ0n) is 27.1. The normalized spacial score (nSPS) is 17.6. The number of aryl methyl sites for hydroxylation is 1. The van der Waals surface area contributed by atoms with Crippen molar-refractivity contribution in [3.05, 3.63) is 69.9 Å². The smallest absolute Gasteiger partial charge is 0.329 e. The fourth-order valence-electron chi connectivity index (χ4n) is 6.98. The third-order valence-corrected chi connectivity index (χ3v) is 9.52. The summed E-state index contributed by atoms with van der Waals surface area (Å²) >= 11 is 0. The summed E-state index contributed by atoms with van der Waals surface area (Å²) in [5.74, 6) is 0.963. The number of anilines is 4. The second-order valence-corrected chi connectivity index (χ2v) is 12.7. The van der Waals surface area contributed by atoms with Crippen molar-refractivity contribution in [1.82, 2.24) is 34.7 Å². The molecule has 7 rings (SSSR count). The van der Waals surface area contributed by atoms with Crippen LogP contribution in [0.5, 0.6) is 0 Å². The Hall–Kier alpha value is -5.24. The first-order chi connectivity index (χ1) is 23.2. The molecule has 1 aliphatic carbocycles. The van der Waals surface area contributed by atoms with E-state index < -0.39 is 6.03 Å².